The number of likely N-dealkylation sites (tertiary alicyclic amines) is 1. The van der Waals surface area contributed by atoms with Crippen LogP contribution < -0.4 is 0 Å². The van der Waals surface area contributed by atoms with Crippen LogP contribution >= 0.6 is 15.9 Å². The van der Waals surface area contributed by atoms with Gasteiger partial charge in [0.05, 0.1) is 4.47 Å². The van der Waals surface area contributed by atoms with Crippen molar-refractivity contribution in [3.63, 3.8) is 0 Å². The topological polar surface area (TPSA) is 20.3 Å². The fraction of sp³-hybridized carbons (Fsp3) is 0.417. The van der Waals surface area contributed by atoms with Crippen molar-refractivity contribution >= 4 is 21.8 Å². The molecule has 0 radical (unpaired) electrons. The van der Waals surface area contributed by atoms with Gasteiger partial charge in [-0.05, 0) is 46.5 Å². The molecule has 2 nitrogen and oxygen atoms in total. The van der Waals surface area contributed by atoms with E-state index in [1.165, 1.54) is 6.07 Å². The average Bonchev–Trinajstić information content (AvgIpc) is 2.27. The van der Waals surface area contributed by atoms with Crippen molar-refractivity contribution in [2.45, 2.75) is 25.8 Å². The SMILES string of the molecule is O=C1CCCCN1Cc1ccc(F)c(Br)c1. The zero-order valence-corrected chi connectivity index (χ0v) is 10.5. The molecule has 1 aliphatic heterocycles. The fourth-order valence-electron chi connectivity index (χ4n) is 1.89. The van der Waals surface area contributed by atoms with E-state index in [4.69, 9.17) is 0 Å². The van der Waals surface area contributed by atoms with Gasteiger partial charge in [0, 0.05) is 19.5 Å². The normalized spacial score (nSPS) is 16.6. The van der Waals surface area contributed by atoms with Crippen molar-refractivity contribution in [3.05, 3.63) is 34.1 Å². The van der Waals surface area contributed by atoms with Gasteiger partial charge in [0.1, 0.15) is 5.82 Å². The second-order valence-electron chi connectivity index (χ2n) is 4.02. The first-order valence-corrected chi connectivity index (χ1v) is 6.18. The second kappa shape index (κ2) is 4.95. The minimum absolute atomic E-state index is 0.201. The predicted octanol–water partition coefficient (Wildman–Crippen LogP) is 3.10. The van der Waals surface area contributed by atoms with E-state index in [2.05, 4.69) is 15.9 Å². The Bertz CT molecular complexity index is 408. The quantitative estimate of drug-likeness (QED) is 0.818. The molecule has 2 rings (SSSR count). The largest absolute Gasteiger partial charge is 0.338 e. The standard InChI is InChI=1S/C12H13BrFNO/c13-10-7-9(4-5-11(10)14)8-15-6-2-1-3-12(15)16/h4-5,7H,1-3,6,8H2. The number of hydrogen-bond acceptors (Lipinski definition) is 1. The Hall–Kier alpha value is -0.900. The summed E-state index contributed by atoms with van der Waals surface area (Å²) in [7, 11) is 0. The van der Waals surface area contributed by atoms with Gasteiger partial charge in [0.25, 0.3) is 0 Å². The first kappa shape index (κ1) is 11.6. The maximum Gasteiger partial charge on any atom is 0.222 e. The fourth-order valence-corrected chi connectivity index (χ4v) is 2.31. The van der Waals surface area contributed by atoms with Crippen molar-refractivity contribution in [2.75, 3.05) is 6.54 Å². The zero-order chi connectivity index (χ0) is 11.5. The van der Waals surface area contributed by atoms with Gasteiger partial charge in [-0.3, -0.25) is 4.79 Å². The number of halogens is 2. The van der Waals surface area contributed by atoms with E-state index in [0.717, 1.165) is 24.9 Å². The Morgan fingerprint density at radius 2 is 2.19 bits per heavy atom. The monoisotopic (exact) mass is 285 g/mol. The Morgan fingerprint density at radius 3 is 2.88 bits per heavy atom. The number of carbonyl (C=O) groups excluding carboxylic acids is 1. The van der Waals surface area contributed by atoms with Gasteiger partial charge >= 0.3 is 0 Å². The Labute approximate surface area is 103 Å². The maximum atomic E-state index is 13.0. The lowest BCUT2D eigenvalue weighted by molar-refractivity contribution is -0.133. The lowest BCUT2D eigenvalue weighted by atomic mass is 10.1. The molecule has 0 atom stereocenters. The number of nitrogens with zero attached hydrogens (tertiary/aromatic N) is 1. The van der Waals surface area contributed by atoms with Crippen molar-refractivity contribution in [1.29, 1.82) is 0 Å². The van der Waals surface area contributed by atoms with Crippen LogP contribution in [0, 0.1) is 5.82 Å². The van der Waals surface area contributed by atoms with Gasteiger partial charge in [-0.25, -0.2) is 4.39 Å². The minimum Gasteiger partial charge on any atom is -0.338 e. The van der Waals surface area contributed by atoms with Gasteiger partial charge in [-0.1, -0.05) is 6.07 Å². The third kappa shape index (κ3) is 2.61. The van der Waals surface area contributed by atoms with Crippen LogP contribution in [-0.4, -0.2) is 17.4 Å². The van der Waals surface area contributed by atoms with Crippen LogP contribution in [0.4, 0.5) is 4.39 Å². The van der Waals surface area contributed by atoms with E-state index in [0.29, 0.717) is 17.4 Å². The molecule has 1 aromatic carbocycles. The molecule has 86 valence electrons. The summed E-state index contributed by atoms with van der Waals surface area (Å²) in [5.41, 5.74) is 0.962. The summed E-state index contributed by atoms with van der Waals surface area (Å²) in [6.45, 7) is 1.39. The van der Waals surface area contributed by atoms with Gasteiger partial charge in [-0.2, -0.15) is 0 Å². The Balaban J connectivity index is 2.08. The lowest BCUT2D eigenvalue weighted by Crippen LogP contribution is -2.34. The summed E-state index contributed by atoms with van der Waals surface area (Å²) in [6.07, 6.45) is 2.69. The molecule has 0 aliphatic carbocycles. The molecule has 0 aromatic heterocycles. The predicted molar refractivity (Wildman–Crippen MR) is 63.4 cm³/mol. The van der Waals surface area contributed by atoms with E-state index in [1.54, 1.807) is 12.1 Å². The zero-order valence-electron chi connectivity index (χ0n) is 8.88. The summed E-state index contributed by atoms with van der Waals surface area (Å²) < 4.78 is 13.5. The van der Waals surface area contributed by atoms with E-state index in [1.807, 2.05) is 4.90 Å². The maximum absolute atomic E-state index is 13.0. The third-order valence-electron chi connectivity index (χ3n) is 2.78. The highest BCUT2D eigenvalue weighted by molar-refractivity contribution is 9.10. The molecule has 1 aromatic rings. The Kier molecular flexibility index (Phi) is 3.59. The highest BCUT2D eigenvalue weighted by atomic mass is 79.9. The molecule has 0 bridgehead atoms. The van der Waals surface area contributed by atoms with Crippen molar-refractivity contribution in [1.82, 2.24) is 4.90 Å². The molecule has 1 aliphatic rings. The van der Waals surface area contributed by atoms with Crippen LogP contribution in [0.2, 0.25) is 0 Å². The van der Waals surface area contributed by atoms with E-state index in [9.17, 15) is 9.18 Å². The van der Waals surface area contributed by atoms with Crippen LogP contribution in [0.3, 0.4) is 0 Å². The molecule has 1 fully saturated rings. The van der Waals surface area contributed by atoms with Crippen LogP contribution in [0.5, 0.6) is 0 Å². The molecule has 1 heterocycles. The van der Waals surface area contributed by atoms with E-state index >= 15 is 0 Å². The molecule has 0 spiro atoms. The molecular weight excluding hydrogens is 273 g/mol. The third-order valence-corrected chi connectivity index (χ3v) is 3.39. The summed E-state index contributed by atoms with van der Waals surface area (Å²) in [6, 6.07) is 4.88. The number of hydrogen-bond donors (Lipinski definition) is 0. The molecule has 16 heavy (non-hydrogen) atoms. The Morgan fingerprint density at radius 1 is 1.38 bits per heavy atom. The van der Waals surface area contributed by atoms with Gasteiger partial charge in [0.2, 0.25) is 5.91 Å². The number of amides is 1. The van der Waals surface area contributed by atoms with Gasteiger partial charge < -0.3 is 4.90 Å². The first-order valence-electron chi connectivity index (χ1n) is 5.38. The van der Waals surface area contributed by atoms with Crippen molar-refractivity contribution in [3.8, 4) is 0 Å². The molecule has 0 N–H and O–H groups in total. The molecule has 4 heteroatoms. The van der Waals surface area contributed by atoms with Crippen LogP contribution in [0.1, 0.15) is 24.8 Å². The summed E-state index contributed by atoms with van der Waals surface area (Å²) in [5.74, 6) is -0.0691. The average molecular weight is 286 g/mol. The molecule has 0 unspecified atom stereocenters. The number of rotatable bonds is 2. The number of benzene rings is 1. The highest BCUT2D eigenvalue weighted by Gasteiger charge is 2.18. The molecule has 0 saturated carbocycles. The van der Waals surface area contributed by atoms with Crippen LogP contribution in [0.25, 0.3) is 0 Å². The summed E-state index contributed by atoms with van der Waals surface area (Å²) in [5, 5.41) is 0. The smallest absolute Gasteiger partial charge is 0.222 e. The van der Waals surface area contributed by atoms with Gasteiger partial charge in [0.15, 0.2) is 0 Å². The highest BCUT2D eigenvalue weighted by Crippen LogP contribution is 2.19. The molecular formula is C12H13BrFNO. The van der Waals surface area contributed by atoms with Crippen LogP contribution in [-0.2, 0) is 11.3 Å². The molecule has 1 amide bonds. The van der Waals surface area contributed by atoms with E-state index < -0.39 is 0 Å². The van der Waals surface area contributed by atoms with E-state index in [-0.39, 0.29) is 11.7 Å². The van der Waals surface area contributed by atoms with Crippen molar-refractivity contribution < 1.29 is 9.18 Å². The van der Waals surface area contributed by atoms with Crippen LogP contribution in [0.15, 0.2) is 22.7 Å². The summed E-state index contributed by atoms with van der Waals surface area (Å²) in [4.78, 5) is 13.4. The van der Waals surface area contributed by atoms with Gasteiger partial charge in [-0.15, -0.1) is 0 Å². The summed E-state index contributed by atoms with van der Waals surface area (Å²) >= 11 is 3.15. The van der Waals surface area contributed by atoms with Crippen molar-refractivity contribution in [2.24, 2.45) is 0 Å². The number of piperidine rings is 1. The molecule has 1 saturated heterocycles. The number of carbonyl (C=O) groups is 1. The minimum atomic E-state index is -0.270. The first-order chi connectivity index (χ1) is 7.66. The second-order valence-corrected chi connectivity index (χ2v) is 4.88. The lowest BCUT2D eigenvalue weighted by Gasteiger charge is -2.26.